The summed E-state index contributed by atoms with van der Waals surface area (Å²) in [7, 11) is 1.57. The van der Waals surface area contributed by atoms with Crippen LogP contribution >= 0.6 is 0 Å². The van der Waals surface area contributed by atoms with Gasteiger partial charge in [0.25, 0.3) is 5.91 Å². The second-order valence-corrected chi connectivity index (χ2v) is 8.95. The summed E-state index contributed by atoms with van der Waals surface area (Å²) in [6, 6.07) is 18.2. The van der Waals surface area contributed by atoms with E-state index in [-0.39, 0.29) is 11.7 Å². The summed E-state index contributed by atoms with van der Waals surface area (Å²) < 4.78 is 7.34. The van der Waals surface area contributed by atoms with Crippen LogP contribution in [0.2, 0.25) is 0 Å². The van der Waals surface area contributed by atoms with Crippen LogP contribution in [-0.4, -0.2) is 42.5 Å². The molecule has 0 aliphatic carbocycles. The fourth-order valence-electron chi connectivity index (χ4n) is 4.50. The Morgan fingerprint density at radius 2 is 1.97 bits per heavy atom. The minimum Gasteiger partial charge on any atom is -0.507 e. The van der Waals surface area contributed by atoms with Gasteiger partial charge in [-0.05, 0) is 66.6 Å². The zero-order valence-electron chi connectivity index (χ0n) is 20.8. The van der Waals surface area contributed by atoms with Crippen LogP contribution in [0.1, 0.15) is 21.6 Å². The molecule has 0 unspecified atom stereocenters. The number of amides is 1. The molecular formula is C29H24N6O3. The van der Waals surface area contributed by atoms with Crippen molar-refractivity contribution in [1.29, 1.82) is 0 Å². The van der Waals surface area contributed by atoms with E-state index < -0.39 is 0 Å². The number of carbonyl (C=O) groups is 1. The molecule has 38 heavy (non-hydrogen) atoms. The zero-order valence-corrected chi connectivity index (χ0v) is 20.8. The van der Waals surface area contributed by atoms with Gasteiger partial charge in [-0.2, -0.15) is 0 Å². The number of phenols is 1. The SMILES string of the molecule is COc1ncccc1-c1ccc(O)c(-c2nc3cc(C(=O)NCc4cn5cccc(C)c5n4)ccc3[nH]2)c1. The van der Waals surface area contributed by atoms with E-state index in [0.29, 0.717) is 34.9 Å². The van der Waals surface area contributed by atoms with Crippen molar-refractivity contribution in [3.05, 3.63) is 96.1 Å². The second kappa shape index (κ2) is 9.36. The monoisotopic (exact) mass is 504 g/mol. The Kier molecular flexibility index (Phi) is 5.72. The highest BCUT2D eigenvalue weighted by Gasteiger charge is 2.15. The number of carbonyl (C=O) groups excluding carboxylic acids is 1. The number of fused-ring (bicyclic) bond motifs is 2. The van der Waals surface area contributed by atoms with Gasteiger partial charge >= 0.3 is 0 Å². The minimum atomic E-state index is -0.223. The molecule has 3 N–H and O–H groups in total. The number of hydrogen-bond donors (Lipinski definition) is 3. The van der Waals surface area contributed by atoms with E-state index in [1.165, 1.54) is 0 Å². The Labute approximate surface area is 217 Å². The number of aromatic amines is 1. The summed E-state index contributed by atoms with van der Waals surface area (Å²) in [6.07, 6.45) is 5.51. The molecule has 4 heterocycles. The van der Waals surface area contributed by atoms with E-state index in [4.69, 9.17) is 4.74 Å². The predicted octanol–water partition coefficient (Wildman–Crippen LogP) is 4.89. The molecule has 0 aliphatic rings. The highest BCUT2D eigenvalue weighted by molar-refractivity contribution is 5.97. The summed E-state index contributed by atoms with van der Waals surface area (Å²) in [5.41, 5.74) is 6.70. The molecule has 6 aromatic rings. The Morgan fingerprint density at radius 1 is 1.08 bits per heavy atom. The normalized spacial score (nSPS) is 11.2. The lowest BCUT2D eigenvalue weighted by Gasteiger charge is -2.09. The van der Waals surface area contributed by atoms with Gasteiger partial charge in [0.05, 0.1) is 35.9 Å². The molecule has 0 radical (unpaired) electrons. The number of hydrogen-bond acceptors (Lipinski definition) is 6. The van der Waals surface area contributed by atoms with Crippen LogP contribution in [0.4, 0.5) is 0 Å². The number of pyridine rings is 2. The van der Waals surface area contributed by atoms with Crippen LogP contribution in [0.5, 0.6) is 11.6 Å². The minimum absolute atomic E-state index is 0.0799. The van der Waals surface area contributed by atoms with Crippen LogP contribution in [0.25, 0.3) is 39.2 Å². The summed E-state index contributed by atoms with van der Waals surface area (Å²) in [5, 5.41) is 13.5. The number of H-pyrrole nitrogens is 1. The lowest BCUT2D eigenvalue weighted by atomic mass is 10.0. The Balaban J connectivity index is 1.26. The summed E-state index contributed by atoms with van der Waals surface area (Å²) in [5.74, 6) is 0.832. The Morgan fingerprint density at radius 3 is 2.82 bits per heavy atom. The smallest absolute Gasteiger partial charge is 0.251 e. The Bertz CT molecular complexity index is 1820. The number of imidazole rings is 2. The van der Waals surface area contributed by atoms with Crippen LogP contribution in [0, 0.1) is 6.92 Å². The lowest BCUT2D eigenvalue weighted by Crippen LogP contribution is -2.22. The van der Waals surface area contributed by atoms with Crippen LogP contribution in [0.15, 0.2) is 79.3 Å². The number of ether oxygens (including phenoxy) is 1. The van der Waals surface area contributed by atoms with Crippen LogP contribution in [-0.2, 0) is 6.54 Å². The molecule has 0 atom stereocenters. The van der Waals surface area contributed by atoms with Crippen molar-refractivity contribution in [3.63, 3.8) is 0 Å². The standard InChI is InChI=1S/C29H24N6O3/c1-17-5-4-12-35-16-20(32-27(17)35)15-31-28(37)19-7-9-23-24(14-19)34-26(33-23)22-13-18(8-10-25(22)36)21-6-3-11-30-29(21)38-2/h3-14,16,36H,15H2,1-2H3,(H,31,37)(H,33,34). The van der Waals surface area contributed by atoms with E-state index in [1.54, 1.807) is 43.6 Å². The Hall–Kier alpha value is -5.18. The third-order valence-corrected chi connectivity index (χ3v) is 6.43. The van der Waals surface area contributed by atoms with Gasteiger partial charge in [-0.25, -0.2) is 15.0 Å². The van der Waals surface area contributed by atoms with E-state index >= 15 is 0 Å². The highest BCUT2D eigenvalue weighted by atomic mass is 16.5. The quantitative estimate of drug-likeness (QED) is 0.297. The summed E-state index contributed by atoms with van der Waals surface area (Å²) in [4.78, 5) is 29.7. The topological polar surface area (TPSA) is 117 Å². The molecule has 9 heteroatoms. The van der Waals surface area contributed by atoms with Gasteiger partial charge in [0.1, 0.15) is 17.2 Å². The number of aryl methyl sites for hydroxylation is 1. The number of rotatable bonds is 6. The van der Waals surface area contributed by atoms with Crippen molar-refractivity contribution >= 4 is 22.6 Å². The molecule has 0 spiro atoms. The van der Waals surface area contributed by atoms with Gasteiger partial charge in [0.15, 0.2) is 0 Å². The zero-order chi connectivity index (χ0) is 26.2. The fraction of sp³-hybridized carbons (Fsp3) is 0.103. The molecule has 6 rings (SSSR count). The fourth-order valence-corrected chi connectivity index (χ4v) is 4.50. The molecule has 0 fully saturated rings. The first-order chi connectivity index (χ1) is 18.5. The van der Waals surface area contributed by atoms with Crippen molar-refractivity contribution in [1.82, 2.24) is 29.7 Å². The third-order valence-electron chi connectivity index (χ3n) is 6.43. The van der Waals surface area contributed by atoms with Crippen LogP contribution in [0.3, 0.4) is 0 Å². The maximum atomic E-state index is 12.9. The molecule has 188 valence electrons. The van der Waals surface area contributed by atoms with Crippen molar-refractivity contribution in [3.8, 4) is 34.1 Å². The largest absolute Gasteiger partial charge is 0.507 e. The molecule has 0 bridgehead atoms. The molecular weight excluding hydrogens is 480 g/mol. The number of phenolic OH excluding ortho intramolecular Hbond substituents is 1. The molecule has 4 aromatic heterocycles. The number of nitrogens with one attached hydrogen (secondary N) is 2. The van der Waals surface area contributed by atoms with Gasteiger partial charge in [0.2, 0.25) is 5.88 Å². The predicted molar refractivity (Wildman–Crippen MR) is 144 cm³/mol. The first-order valence-corrected chi connectivity index (χ1v) is 12.0. The number of aromatic nitrogens is 5. The molecule has 0 saturated heterocycles. The number of benzene rings is 2. The maximum absolute atomic E-state index is 12.9. The van der Waals surface area contributed by atoms with Crippen molar-refractivity contribution in [2.45, 2.75) is 13.5 Å². The average Bonchev–Trinajstić information content (AvgIpc) is 3.56. The first-order valence-electron chi connectivity index (χ1n) is 12.0. The van der Waals surface area contributed by atoms with E-state index in [9.17, 15) is 9.90 Å². The molecule has 1 amide bonds. The second-order valence-electron chi connectivity index (χ2n) is 8.95. The number of methoxy groups -OCH3 is 1. The van der Waals surface area contributed by atoms with Gasteiger partial charge in [-0.3, -0.25) is 4.79 Å². The van der Waals surface area contributed by atoms with Crippen molar-refractivity contribution < 1.29 is 14.6 Å². The average molecular weight is 505 g/mol. The highest BCUT2D eigenvalue weighted by Crippen LogP contribution is 2.35. The van der Waals surface area contributed by atoms with E-state index in [2.05, 4.69) is 25.3 Å². The number of aromatic hydroxyl groups is 1. The van der Waals surface area contributed by atoms with Gasteiger partial charge in [-0.15, -0.1) is 0 Å². The van der Waals surface area contributed by atoms with Crippen LogP contribution < -0.4 is 10.1 Å². The lowest BCUT2D eigenvalue weighted by molar-refractivity contribution is 0.0950. The van der Waals surface area contributed by atoms with Gasteiger partial charge in [-0.1, -0.05) is 12.1 Å². The van der Waals surface area contributed by atoms with E-state index in [1.807, 2.05) is 54.0 Å². The molecule has 9 nitrogen and oxygen atoms in total. The summed E-state index contributed by atoms with van der Waals surface area (Å²) in [6.45, 7) is 2.31. The van der Waals surface area contributed by atoms with Crippen molar-refractivity contribution in [2.75, 3.05) is 7.11 Å². The molecule has 2 aromatic carbocycles. The third kappa shape index (κ3) is 4.20. The maximum Gasteiger partial charge on any atom is 0.251 e. The van der Waals surface area contributed by atoms with Crippen molar-refractivity contribution in [2.24, 2.45) is 0 Å². The summed E-state index contributed by atoms with van der Waals surface area (Å²) >= 11 is 0. The van der Waals surface area contributed by atoms with E-state index in [0.717, 1.165) is 33.5 Å². The van der Waals surface area contributed by atoms with Gasteiger partial charge < -0.3 is 24.5 Å². The first kappa shape index (κ1) is 23.2. The molecule has 0 saturated carbocycles. The number of nitrogens with zero attached hydrogens (tertiary/aromatic N) is 4. The van der Waals surface area contributed by atoms with Gasteiger partial charge in [0, 0.05) is 29.7 Å². The molecule has 0 aliphatic heterocycles.